The number of aliphatic carboxylic acids is 1. The Morgan fingerprint density at radius 2 is 2.13 bits per heavy atom. The Morgan fingerprint density at radius 1 is 1.47 bits per heavy atom. The number of benzene rings is 1. The van der Waals surface area contributed by atoms with Gasteiger partial charge in [-0.15, -0.1) is 0 Å². The molecule has 0 bridgehead atoms. The SMILES string of the molecule is NC(=O)c1ccc(OCC(=O)O)cc1F. The molecule has 0 saturated carbocycles. The molecule has 80 valence electrons. The fourth-order valence-corrected chi connectivity index (χ4v) is 0.931. The number of amides is 1. The van der Waals surface area contributed by atoms with E-state index in [2.05, 4.69) is 0 Å². The quantitative estimate of drug-likeness (QED) is 0.756. The highest BCUT2D eigenvalue weighted by atomic mass is 19.1. The minimum Gasteiger partial charge on any atom is -0.482 e. The first-order chi connectivity index (χ1) is 7.00. The van der Waals surface area contributed by atoms with E-state index in [0.717, 1.165) is 12.1 Å². The van der Waals surface area contributed by atoms with Crippen molar-refractivity contribution in [1.29, 1.82) is 0 Å². The van der Waals surface area contributed by atoms with E-state index in [-0.39, 0.29) is 11.3 Å². The number of rotatable bonds is 4. The van der Waals surface area contributed by atoms with Crippen LogP contribution in [0.5, 0.6) is 5.75 Å². The molecule has 1 amide bonds. The van der Waals surface area contributed by atoms with E-state index in [1.165, 1.54) is 6.07 Å². The molecule has 3 N–H and O–H groups in total. The lowest BCUT2D eigenvalue weighted by molar-refractivity contribution is -0.139. The molecule has 1 aromatic rings. The third-order valence-electron chi connectivity index (χ3n) is 1.57. The number of carbonyl (C=O) groups excluding carboxylic acids is 1. The van der Waals surface area contributed by atoms with E-state index in [4.69, 9.17) is 15.6 Å². The van der Waals surface area contributed by atoms with Crippen LogP contribution in [0.15, 0.2) is 18.2 Å². The van der Waals surface area contributed by atoms with Crippen molar-refractivity contribution in [2.75, 3.05) is 6.61 Å². The predicted octanol–water partition coefficient (Wildman–Crippen LogP) is 0.388. The lowest BCUT2D eigenvalue weighted by Gasteiger charge is -2.04. The average Bonchev–Trinajstić information content (AvgIpc) is 2.14. The highest BCUT2D eigenvalue weighted by Gasteiger charge is 2.09. The number of carboxylic acid groups (broad SMARTS) is 1. The zero-order valence-electron chi connectivity index (χ0n) is 7.57. The van der Waals surface area contributed by atoms with Gasteiger partial charge in [-0.25, -0.2) is 9.18 Å². The van der Waals surface area contributed by atoms with Gasteiger partial charge < -0.3 is 15.6 Å². The highest BCUT2D eigenvalue weighted by Crippen LogP contribution is 2.16. The monoisotopic (exact) mass is 213 g/mol. The van der Waals surface area contributed by atoms with Crippen molar-refractivity contribution in [2.24, 2.45) is 5.73 Å². The third kappa shape index (κ3) is 2.94. The Bertz CT molecular complexity index is 405. The Morgan fingerprint density at radius 3 is 2.60 bits per heavy atom. The molecule has 0 aliphatic rings. The van der Waals surface area contributed by atoms with Crippen LogP contribution in [0.1, 0.15) is 10.4 Å². The fraction of sp³-hybridized carbons (Fsp3) is 0.111. The van der Waals surface area contributed by atoms with Crippen molar-refractivity contribution >= 4 is 11.9 Å². The largest absolute Gasteiger partial charge is 0.482 e. The van der Waals surface area contributed by atoms with Gasteiger partial charge in [-0.1, -0.05) is 0 Å². The normalized spacial score (nSPS) is 9.67. The summed E-state index contributed by atoms with van der Waals surface area (Å²) in [6.07, 6.45) is 0. The number of hydrogen-bond acceptors (Lipinski definition) is 3. The van der Waals surface area contributed by atoms with Crippen LogP contribution in [0.3, 0.4) is 0 Å². The average molecular weight is 213 g/mol. The first kappa shape index (κ1) is 11.0. The lowest BCUT2D eigenvalue weighted by Crippen LogP contribution is -2.14. The van der Waals surface area contributed by atoms with Gasteiger partial charge >= 0.3 is 5.97 Å². The molecule has 0 aliphatic heterocycles. The zero-order chi connectivity index (χ0) is 11.4. The molecule has 1 rings (SSSR count). The van der Waals surface area contributed by atoms with Crippen molar-refractivity contribution in [2.45, 2.75) is 0 Å². The molecule has 0 saturated heterocycles. The molecule has 0 aliphatic carbocycles. The maximum Gasteiger partial charge on any atom is 0.341 e. The molecular weight excluding hydrogens is 205 g/mol. The van der Waals surface area contributed by atoms with Gasteiger partial charge in [-0.05, 0) is 12.1 Å². The first-order valence-electron chi connectivity index (χ1n) is 3.94. The molecule has 0 spiro atoms. The predicted molar refractivity (Wildman–Crippen MR) is 48.0 cm³/mol. The summed E-state index contributed by atoms with van der Waals surface area (Å²) in [6.45, 7) is -0.574. The van der Waals surface area contributed by atoms with E-state index >= 15 is 0 Å². The van der Waals surface area contributed by atoms with Crippen LogP contribution >= 0.6 is 0 Å². The van der Waals surface area contributed by atoms with Crippen LogP contribution in [-0.4, -0.2) is 23.6 Å². The zero-order valence-corrected chi connectivity index (χ0v) is 7.57. The van der Waals surface area contributed by atoms with Crippen LogP contribution in [0.25, 0.3) is 0 Å². The van der Waals surface area contributed by atoms with E-state index in [1.807, 2.05) is 0 Å². The summed E-state index contributed by atoms with van der Waals surface area (Å²) in [6, 6.07) is 3.31. The Hall–Kier alpha value is -2.11. The topological polar surface area (TPSA) is 89.6 Å². The molecule has 6 heteroatoms. The molecule has 15 heavy (non-hydrogen) atoms. The summed E-state index contributed by atoms with van der Waals surface area (Å²) >= 11 is 0. The number of halogens is 1. The van der Waals surface area contributed by atoms with Crippen molar-refractivity contribution in [3.05, 3.63) is 29.6 Å². The van der Waals surface area contributed by atoms with Gasteiger partial charge in [-0.3, -0.25) is 4.79 Å². The summed E-state index contributed by atoms with van der Waals surface area (Å²) in [5.74, 6) is -2.88. The molecule has 0 radical (unpaired) electrons. The first-order valence-corrected chi connectivity index (χ1v) is 3.94. The van der Waals surface area contributed by atoms with Crippen molar-refractivity contribution < 1.29 is 23.8 Å². The van der Waals surface area contributed by atoms with Crippen molar-refractivity contribution in [3.63, 3.8) is 0 Å². The van der Waals surface area contributed by atoms with E-state index in [0.29, 0.717) is 0 Å². The Kier molecular flexibility index (Phi) is 3.22. The number of hydrogen-bond donors (Lipinski definition) is 2. The van der Waals surface area contributed by atoms with Crippen LogP contribution in [0.4, 0.5) is 4.39 Å². The van der Waals surface area contributed by atoms with Gasteiger partial charge in [0.2, 0.25) is 0 Å². The minimum atomic E-state index is -1.17. The van der Waals surface area contributed by atoms with Crippen LogP contribution in [0, 0.1) is 5.82 Å². The van der Waals surface area contributed by atoms with Crippen LogP contribution < -0.4 is 10.5 Å². The van der Waals surface area contributed by atoms with Gasteiger partial charge in [0.25, 0.3) is 5.91 Å². The summed E-state index contributed by atoms with van der Waals surface area (Å²) in [4.78, 5) is 20.8. The summed E-state index contributed by atoms with van der Waals surface area (Å²) in [5.41, 5.74) is 4.61. The molecule has 0 aromatic heterocycles. The van der Waals surface area contributed by atoms with Gasteiger partial charge in [0.1, 0.15) is 11.6 Å². The molecule has 5 nitrogen and oxygen atoms in total. The van der Waals surface area contributed by atoms with Gasteiger partial charge in [0.15, 0.2) is 6.61 Å². The van der Waals surface area contributed by atoms with E-state index < -0.39 is 24.3 Å². The number of ether oxygens (including phenoxy) is 1. The molecule has 0 unspecified atom stereocenters. The molecule has 0 atom stereocenters. The molecule has 0 fully saturated rings. The smallest absolute Gasteiger partial charge is 0.341 e. The van der Waals surface area contributed by atoms with Crippen molar-refractivity contribution in [1.82, 2.24) is 0 Å². The van der Waals surface area contributed by atoms with Crippen LogP contribution in [0.2, 0.25) is 0 Å². The number of carbonyl (C=O) groups is 2. The molecule has 1 aromatic carbocycles. The molecular formula is C9H8FNO4. The fourth-order valence-electron chi connectivity index (χ4n) is 0.931. The maximum absolute atomic E-state index is 13.1. The van der Waals surface area contributed by atoms with E-state index in [1.54, 1.807) is 0 Å². The standard InChI is InChI=1S/C9H8FNO4/c10-7-3-5(15-4-8(12)13)1-2-6(7)9(11)14/h1-3H,4H2,(H2,11,14)(H,12,13). The Labute approximate surface area is 84.3 Å². The third-order valence-corrected chi connectivity index (χ3v) is 1.57. The van der Waals surface area contributed by atoms with Gasteiger partial charge in [0, 0.05) is 6.07 Å². The molecule has 0 heterocycles. The minimum absolute atomic E-state index is 0.0277. The van der Waals surface area contributed by atoms with Gasteiger partial charge in [0.05, 0.1) is 5.56 Å². The summed E-state index contributed by atoms with van der Waals surface area (Å²) in [5, 5.41) is 8.29. The van der Waals surface area contributed by atoms with Crippen LogP contribution in [-0.2, 0) is 4.79 Å². The summed E-state index contributed by atoms with van der Waals surface area (Å²) in [7, 11) is 0. The number of nitrogens with two attached hydrogens (primary N) is 1. The highest BCUT2D eigenvalue weighted by molar-refractivity contribution is 5.93. The van der Waals surface area contributed by atoms with Gasteiger partial charge in [-0.2, -0.15) is 0 Å². The lowest BCUT2D eigenvalue weighted by atomic mass is 10.2. The second-order valence-corrected chi connectivity index (χ2v) is 2.69. The Balaban J connectivity index is 2.82. The second kappa shape index (κ2) is 4.41. The maximum atomic E-state index is 13.1. The van der Waals surface area contributed by atoms with Crippen molar-refractivity contribution in [3.8, 4) is 5.75 Å². The van der Waals surface area contributed by atoms with E-state index in [9.17, 15) is 14.0 Å². The summed E-state index contributed by atoms with van der Waals surface area (Å²) < 4.78 is 17.8. The second-order valence-electron chi connectivity index (χ2n) is 2.69. The number of primary amides is 1. The number of carboxylic acids is 1.